The van der Waals surface area contributed by atoms with Crippen molar-refractivity contribution in [3.05, 3.63) is 36.0 Å². The molecule has 0 amide bonds. The molecule has 2 aromatic rings. The van der Waals surface area contributed by atoms with Gasteiger partial charge in [0.25, 0.3) is 0 Å². The van der Waals surface area contributed by atoms with Crippen LogP contribution in [0.4, 0.5) is 0 Å². The first-order valence-corrected chi connectivity index (χ1v) is 7.19. The summed E-state index contributed by atoms with van der Waals surface area (Å²) in [6.07, 6.45) is 2.08. The average molecular weight is 274 g/mol. The monoisotopic (exact) mass is 274 g/mol. The number of aliphatic hydroxyl groups is 2. The standard InChI is InChI=1S/C16H22N2O2/c1-17-5-4-13-3-2-12(6-16(13)17)7-18-8-14(10-19)15(9-18)11-20/h2-6,14-15,19-20H,7-11H2,1H3/t14-,15-/m0/s1. The Labute approximate surface area is 119 Å². The Morgan fingerprint density at radius 2 is 1.80 bits per heavy atom. The molecule has 0 unspecified atom stereocenters. The fraction of sp³-hybridized carbons (Fsp3) is 0.500. The van der Waals surface area contributed by atoms with E-state index in [1.165, 1.54) is 16.5 Å². The Bertz CT molecular complexity index is 581. The van der Waals surface area contributed by atoms with Crippen LogP contribution in [0.3, 0.4) is 0 Å². The summed E-state index contributed by atoms with van der Waals surface area (Å²) < 4.78 is 2.13. The topological polar surface area (TPSA) is 48.6 Å². The fourth-order valence-corrected chi connectivity index (χ4v) is 3.24. The number of likely N-dealkylation sites (tertiary alicyclic amines) is 1. The third kappa shape index (κ3) is 2.46. The van der Waals surface area contributed by atoms with Crippen molar-refractivity contribution in [3.8, 4) is 0 Å². The maximum Gasteiger partial charge on any atom is 0.0480 e. The number of hydrogen-bond donors (Lipinski definition) is 2. The maximum atomic E-state index is 9.36. The van der Waals surface area contributed by atoms with Crippen LogP contribution < -0.4 is 0 Å². The normalized spacial score (nSPS) is 23.8. The zero-order chi connectivity index (χ0) is 14.1. The molecule has 2 N–H and O–H groups in total. The van der Waals surface area contributed by atoms with Gasteiger partial charge in [-0.25, -0.2) is 0 Å². The van der Waals surface area contributed by atoms with Crippen molar-refractivity contribution in [1.29, 1.82) is 0 Å². The van der Waals surface area contributed by atoms with Crippen LogP contribution in [0.1, 0.15) is 5.56 Å². The Kier molecular flexibility index (Phi) is 3.78. The van der Waals surface area contributed by atoms with Gasteiger partial charge in [-0.2, -0.15) is 0 Å². The first kappa shape index (κ1) is 13.6. The zero-order valence-electron chi connectivity index (χ0n) is 11.9. The molecule has 0 radical (unpaired) electrons. The molecule has 1 aliphatic rings. The molecule has 1 saturated heterocycles. The molecule has 1 aliphatic heterocycles. The first-order chi connectivity index (χ1) is 9.71. The first-order valence-electron chi connectivity index (χ1n) is 7.19. The molecule has 4 nitrogen and oxygen atoms in total. The van der Waals surface area contributed by atoms with Crippen LogP contribution in [0.2, 0.25) is 0 Å². The molecule has 1 aromatic heterocycles. The Morgan fingerprint density at radius 1 is 1.10 bits per heavy atom. The summed E-state index contributed by atoms with van der Waals surface area (Å²) in [5.41, 5.74) is 2.54. The average Bonchev–Trinajstić information content (AvgIpc) is 3.03. The minimum Gasteiger partial charge on any atom is -0.396 e. The van der Waals surface area contributed by atoms with Gasteiger partial charge in [-0.3, -0.25) is 4.90 Å². The van der Waals surface area contributed by atoms with E-state index in [2.05, 4.69) is 47.0 Å². The summed E-state index contributed by atoms with van der Waals surface area (Å²) >= 11 is 0. The van der Waals surface area contributed by atoms with Crippen LogP contribution >= 0.6 is 0 Å². The third-order valence-corrected chi connectivity index (χ3v) is 4.48. The van der Waals surface area contributed by atoms with E-state index in [0.29, 0.717) is 0 Å². The predicted molar refractivity (Wildman–Crippen MR) is 79.3 cm³/mol. The summed E-state index contributed by atoms with van der Waals surface area (Å²) in [6, 6.07) is 8.68. The van der Waals surface area contributed by atoms with Crippen LogP contribution in [-0.2, 0) is 13.6 Å². The second-order valence-corrected chi connectivity index (χ2v) is 5.90. The van der Waals surface area contributed by atoms with E-state index in [1.807, 2.05) is 0 Å². The quantitative estimate of drug-likeness (QED) is 0.881. The number of nitrogens with zero attached hydrogens (tertiary/aromatic N) is 2. The van der Waals surface area contributed by atoms with Crippen LogP contribution in [0.5, 0.6) is 0 Å². The van der Waals surface area contributed by atoms with Crippen LogP contribution in [-0.4, -0.2) is 46.0 Å². The number of rotatable bonds is 4. The molecule has 4 heteroatoms. The highest BCUT2D eigenvalue weighted by Crippen LogP contribution is 2.25. The van der Waals surface area contributed by atoms with E-state index < -0.39 is 0 Å². The van der Waals surface area contributed by atoms with Crippen molar-refractivity contribution in [2.75, 3.05) is 26.3 Å². The smallest absolute Gasteiger partial charge is 0.0480 e. The summed E-state index contributed by atoms with van der Waals surface area (Å²) in [5.74, 6) is 0.414. The molecule has 0 bridgehead atoms. The number of fused-ring (bicyclic) bond motifs is 1. The molecule has 1 fully saturated rings. The SMILES string of the molecule is Cn1ccc2ccc(CN3C[C@@H](CO)[C@H](CO)C3)cc21. The largest absolute Gasteiger partial charge is 0.396 e. The molecule has 0 spiro atoms. The molecule has 0 aliphatic carbocycles. The second-order valence-electron chi connectivity index (χ2n) is 5.90. The lowest BCUT2D eigenvalue weighted by Crippen LogP contribution is -2.21. The van der Waals surface area contributed by atoms with Crippen molar-refractivity contribution in [2.45, 2.75) is 6.54 Å². The van der Waals surface area contributed by atoms with Crippen LogP contribution in [0.15, 0.2) is 30.5 Å². The highest BCUT2D eigenvalue weighted by Gasteiger charge is 2.31. The minimum absolute atomic E-state index is 0.165. The number of benzene rings is 1. The van der Waals surface area contributed by atoms with Gasteiger partial charge in [0.05, 0.1) is 0 Å². The van der Waals surface area contributed by atoms with E-state index in [0.717, 1.165) is 19.6 Å². The van der Waals surface area contributed by atoms with Crippen molar-refractivity contribution >= 4 is 10.9 Å². The molecule has 2 heterocycles. The number of aliphatic hydroxyl groups excluding tert-OH is 2. The highest BCUT2D eigenvalue weighted by atomic mass is 16.3. The maximum absolute atomic E-state index is 9.36. The van der Waals surface area contributed by atoms with Gasteiger partial charge in [0.15, 0.2) is 0 Å². The molecule has 108 valence electrons. The number of aryl methyl sites for hydroxylation is 1. The highest BCUT2D eigenvalue weighted by molar-refractivity contribution is 5.80. The second kappa shape index (κ2) is 5.56. The fourth-order valence-electron chi connectivity index (χ4n) is 3.24. The third-order valence-electron chi connectivity index (χ3n) is 4.48. The minimum atomic E-state index is 0.165. The van der Waals surface area contributed by atoms with E-state index in [9.17, 15) is 10.2 Å². The van der Waals surface area contributed by atoms with Crippen molar-refractivity contribution in [1.82, 2.24) is 9.47 Å². The van der Waals surface area contributed by atoms with Crippen LogP contribution in [0.25, 0.3) is 10.9 Å². The molecule has 2 atom stereocenters. The molecule has 20 heavy (non-hydrogen) atoms. The molecule has 3 rings (SSSR count). The Morgan fingerprint density at radius 3 is 2.45 bits per heavy atom. The van der Waals surface area contributed by atoms with Gasteiger partial charge in [-0.1, -0.05) is 12.1 Å². The van der Waals surface area contributed by atoms with Crippen molar-refractivity contribution in [3.63, 3.8) is 0 Å². The van der Waals surface area contributed by atoms with Crippen LogP contribution in [0, 0.1) is 11.8 Å². The lowest BCUT2D eigenvalue weighted by Gasteiger charge is -2.15. The zero-order valence-corrected chi connectivity index (χ0v) is 11.9. The lowest BCUT2D eigenvalue weighted by atomic mass is 9.98. The van der Waals surface area contributed by atoms with Gasteiger partial charge in [0.2, 0.25) is 0 Å². The van der Waals surface area contributed by atoms with E-state index >= 15 is 0 Å². The Balaban J connectivity index is 1.75. The molecular weight excluding hydrogens is 252 g/mol. The van der Waals surface area contributed by atoms with Gasteiger partial charge in [-0.15, -0.1) is 0 Å². The molecule has 1 aromatic carbocycles. The summed E-state index contributed by atoms with van der Waals surface area (Å²) in [6.45, 7) is 2.95. The van der Waals surface area contributed by atoms with Gasteiger partial charge in [-0.05, 0) is 23.1 Å². The molecular formula is C16H22N2O2. The number of aromatic nitrogens is 1. The van der Waals surface area contributed by atoms with Gasteiger partial charge in [0.1, 0.15) is 0 Å². The Hall–Kier alpha value is -1.36. The van der Waals surface area contributed by atoms with Gasteiger partial charge in [0, 0.05) is 63.4 Å². The van der Waals surface area contributed by atoms with Crippen molar-refractivity contribution in [2.24, 2.45) is 18.9 Å². The number of hydrogen-bond acceptors (Lipinski definition) is 3. The predicted octanol–water partition coefficient (Wildman–Crippen LogP) is 1.21. The van der Waals surface area contributed by atoms with Gasteiger partial charge >= 0.3 is 0 Å². The summed E-state index contributed by atoms with van der Waals surface area (Å²) in [7, 11) is 2.06. The van der Waals surface area contributed by atoms with E-state index in [1.54, 1.807) is 0 Å². The summed E-state index contributed by atoms with van der Waals surface area (Å²) in [4.78, 5) is 2.33. The molecule has 0 saturated carbocycles. The lowest BCUT2D eigenvalue weighted by molar-refractivity contribution is 0.152. The van der Waals surface area contributed by atoms with E-state index in [-0.39, 0.29) is 25.0 Å². The summed E-state index contributed by atoms with van der Waals surface area (Å²) in [5, 5.41) is 20.0. The van der Waals surface area contributed by atoms with Gasteiger partial charge < -0.3 is 14.8 Å². The van der Waals surface area contributed by atoms with Crippen molar-refractivity contribution < 1.29 is 10.2 Å². The van der Waals surface area contributed by atoms with E-state index in [4.69, 9.17) is 0 Å².